The number of benzene rings is 2. The van der Waals surface area contributed by atoms with Gasteiger partial charge in [0.15, 0.2) is 5.95 Å². The van der Waals surface area contributed by atoms with Gasteiger partial charge in [0, 0.05) is 42.5 Å². The Labute approximate surface area is 366 Å². The second-order valence-electron chi connectivity index (χ2n) is 14.2. The molecule has 2 aromatic carbocycles. The monoisotopic (exact) mass is 874 g/mol. The number of aromatic nitrogens is 7. The number of rotatable bonds is 17. The van der Waals surface area contributed by atoms with Crippen LogP contribution in [0.1, 0.15) is 68.2 Å². The molecule has 3 aromatic heterocycles. The van der Waals surface area contributed by atoms with Gasteiger partial charge in [0.25, 0.3) is 0 Å². The van der Waals surface area contributed by atoms with Gasteiger partial charge in [-0.05, 0) is 93.8 Å². The first-order valence-corrected chi connectivity index (χ1v) is 19.2. The predicted molar refractivity (Wildman–Crippen MR) is 236 cm³/mol. The molecule has 0 aliphatic rings. The van der Waals surface area contributed by atoms with Crippen LogP contribution < -0.4 is 31.6 Å². The van der Waals surface area contributed by atoms with Gasteiger partial charge >= 0.3 is 6.09 Å². The third-order valence-corrected chi connectivity index (χ3v) is 8.12. The first-order chi connectivity index (χ1) is 29.2. The van der Waals surface area contributed by atoms with Crippen LogP contribution in [0.5, 0.6) is 11.5 Å². The molecule has 20 nitrogen and oxygen atoms in total. The number of ether oxygens (including phenoxy) is 3. The van der Waals surface area contributed by atoms with Crippen LogP contribution in [0, 0.1) is 12.3 Å². The lowest BCUT2D eigenvalue weighted by molar-refractivity contribution is -0.122. The molecule has 5 aromatic rings. The van der Waals surface area contributed by atoms with Gasteiger partial charge in [0.05, 0.1) is 31.8 Å². The number of H-pyrrole nitrogens is 1. The Kier molecular flexibility index (Phi) is 22.0. The number of amides is 2. The molecule has 0 saturated heterocycles. The summed E-state index contributed by atoms with van der Waals surface area (Å²) in [5.41, 5.74) is 23.2. The number of aromatic amines is 1. The number of hydrogen-bond donors (Lipinski definition) is 5. The summed E-state index contributed by atoms with van der Waals surface area (Å²) in [5.74, 6) is 4.26. The van der Waals surface area contributed by atoms with Crippen LogP contribution in [0.4, 0.5) is 16.7 Å². The van der Waals surface area contributed by atoms with Crippen molar-refractivity contribution in [3.63, 3.8) is 0 Å². The zero-order chi connectivity index (χ0) is 44.6. The Hall–Kier alpha value is -7.23. The summed E-state index contributed by atoms with van der Waals surface area (Å²) in [6.07, 6.45) is 14.5. The molecule has 332 valence electrons. The average molecular weight is 875 g/mol. The number of azide groups is 1. The zero-order valence-corrected chi connectivity index (χ0v) is 36.4. The van der Waals surface area contributed by atoms with E-state index in [1.54, 1.807) is 58.3 Å². The maximum absolute atomic E-state index is 12.1. The topological polar surface area (TPSA) is 281 Å². The Balaban J connectivity index is 0.000000333. The van der Waals surface area contributed by atoms with Gasteiger partial charge < -0.3 is 41.3 Å². The molecular formula is C41H55ClN14O6. The van der Waals surface area contributed by atoms with Crippen molar-refractivity contribution in [2.45, 2.75) is 84.5 Å². The predicted octanol–water partition coefficient (Wildman–Crippen LogP) is 5.33. The number of imidazole rings is 2. The van der Waals surface area contributed by atoms with Crippen LogP contribution in [0.2, 0.25) is 0 Å². The van der Waals surface area contributed by atoms with E-state index in [1.807, 2.05) is 48.5 Å². The number of nitrogen functional groups attached to an aromatic ring is 2. The molecule has 5 rings (SSSR count). The summed E-state index contributed by atoms with van der Waals surface area (Å²) < 4.78 is 18.1. The number of halogens is 1. The van der Waals surface area contributed by atoms with Gasteiger partial charge in [0.2, 0.25) is 17.8 Å². The maximum Gasteiger partial charge on any atom is 0.421 e. The van der Waals surface area contributed by atoms with E-state index in [4.69, 9.17) is 37.6 Å². The molecule has 0 aliphatic carbocycles. The molecule has 0 fully saturated rings. The van der Waals surface area contributed by atoms with E-state index in [1.165, 1.54) is 4.57 Å². The number of anilines is 2. The Bertz CT molecular complexity index is 2220. The highest BCUT2D eigenvalue weighted by Gasteiger charge is 2.20. The highest BCUT2D eigenvalue weighted by atomic mass is 35.5. The molecule has 0 spiro atoms. The molecule has 0 bridgehead atoms. The van der Waals surface area contributed by atoms with Crippen LogP contribution >= 0.6 is 12.4 Å². The summed E-state index contributed by atoms with van der Waals surface area (Å²) >= 11 is 0. The number of carbonyl (C=O) groups excluding carboxylic acids is 3. The van der Waals surface area contributed by atoms with Gasteiger partial charge in [-0.2, -0.15) is 0 Å². The van der Waals surface area contributed by atoms with Crippen molar-refractivity contribution in [2.24, 2.45) is 5.11 Å². The summed E-state index contributed by atoms with van der Waals surface area (Å²) in [4.78, 5) is 48.5. The highest BCUT2D eigenvalue weighted by molar-refractivity contribution is 5.85. The number of methoxy groups -OCH3 is 2. The number of terminal acetylenes is 1. The molecule has 0 unspecified atom stereocenters. The van der Waals surface area contributed by atoms with E-state index in [-0.39, 0.29) is 43.3 Å². The van der Waals surface area contributed by atoms with Crippen LogP contribution in [-0.4, -0.2) is 78.8 Å². The van der Waals surface area contributed by atoms with E-state index in [0.717, 1.165) is 65.4 Å². The fraction of sp³-hybridized carbons (Fsp3) is 0.390. The number of hydrogen-bond acceptors (Lipinski definition) is 13. The molecule has 3 heterocycles. The van der Waals surface area contributed by atoms with Crippen molar-refractivity contribution in [2.75, 3.05) is 32.2 Å². The smallest absolute Gasteiger partial charge is 0.421 e. The highest BCUT2D eigenvalue weighted by Crippen LogP contribution is 2.15. The minimum Gasteiger partial charge on any atom is -0.497 e. The Morgan fingerprint density at radius 3 is 2.03 bits per heavy atom. The quantitative estimate of drug-likeness (QED) is 0.0261. The van der Waals surface area contributed by atoms with E-state index in [9.17, 15) is 14.4 Å². The Morgan fingerprint density at radius 1 is 0.903 bits per heavy atom. The summed E-state index contributed by atoms with van der Waals surface area (Å²) in [7, 11) is 3.22. The summed E-state index contributed by atoms with van der Waals surface area (Å²) in [6, 6.07) is 14.9. The summed E-state index contributed by atoms with van der Waals surface area (Å²) in [5, 5.41) is 16.8. The molecule has 0 aliphatic heterocycles. The lowest BCUT2D eigenvalue weighted by atomic mass is 10.2. The summed E-state index contributed by atoms with van der Waals surface area (Å²) in [6.45, 7) is 6.22. The van der Waals surface area contributed by atoms with Crippen molar-refractivity contribution in [1.82, 2.24) is 45.1 Å². The number of carbonyl (C=O) groups is 3. The lowest BCUT2D eigenvalue weighted by Gasteiger charge is -2.19. The standard InChI is InChI=1S/C18H23N7O2.C13H19N3O2.C10H12N4O2.ClH/c1-27-16-7-5-13(6-8-16)9-20-17(26)12-25-11-15(23-24-25)4-2-3-14-10-21-18(19)22-14;1-5-6-7-8-10-9-16(11(14)15-10)12(17)18-13(2,3)4;1-16-9-4-2-8(3-5-9)6-12-10(15)7-13-14-11;/h5-8,10-11H,2-4,9,12H2,1H3,(H,20,26)(H3,19,21,22);1,9H,6-8H2,2-4H3,(H2,14,15);2-5H,6-7H2,1H3,(H,12,15);1H. The van der Waals surface area contributed by atoms with Gasteiger partial charge in [-0.15, -0.1) is 29.8 Å². The van der Waals surface area contributed by atoms with Gasteiger partial charge in [-0.3, -0.25) is 9.59 Å². The molecule has 0 atom stereocenters. The minimum atomic E-state index is -0.558. The van der Waals surface area contributed by atoms with E-state index in [2.05, 4.69) is 51.8 Å². The largest absolute Gasteiger partial charge is 0.497 e. The van der Waals surface area contributed by atoms with Gasteiger partial charge in [0.1, 0.15) is 30.2 Å². The molecule has 62 heavy (non-hydrogen) atoms. The Morgan fingerprint density at radius 2 is 1.50 bits per heavy atom. The molecule has 2 amide bonds. The van der Waals surface area contributed by atoms with Gasteiger partial charge in [-0.1, -0.05) is 34.6 Å². The SMILES string of the molecule is C#CCCCc1cn(C(=O)OC(C)(C)C)c(N)n1.COc1ccc(CNC(=O)CN=[N+]=[N-])cc1.COc1ccc(CNC(=O)Cn2cc(CCCc3cnc(N)[nH]3)nn2)cc1.Cl. The third-order valence-electron chi connectivity index (χ3n) is 8.12. The number of aryl methyl sites for hydroxylation is 3. The van der Waals surface area contributed by atoms with Crippen LogP contribution in [0.15, 0.2) is 72.2 Å². The van der Waals surface area contributed by atoms with E-state index in [0.29, 0.717) is 31.9 Å². The number of nitrogens with two attached hydrogens (primary N) is 2. The second-order valence-corrected chi connectivity index (χ2v) is 14.2. The fourth-order valence-corrected chi connectivity index (χ4v) is 5.13. The molecule has 21 heteroatoms. The normalized spacial score (nSPS) is 10.2. The van der Waals surface area contributed by atoms with Crippen LogP contribution in [0.3, 0.4) is 0 Å². The van der Waals surface area contributed by atoms with Gasteiger partial charge in [-0.25, -0.2) is 24.0 Å². The number of nitrogens with one attached hydrogen (secondary N) is 3. The molecular weight excluding hydrogens is 820 g/mol. The van der Waals surface area contributed by atoms with E-state index >= 15 is 0 Å². The van der Waals surface area contributed by atoms with E-state index < -0.39 is 11.7 Å². The van der Waals surface area contributed by atoms with Crippen molar-refractivity contribution in [1.29, 1.82) is 0 Å². The van der Waals surface area contributed by atoms with Crippen molar-refractivity contribution in [3.05, 3.63) is 106 Å². The molecule has 0 saturated carbocycles. The van der Waals surface area contributed by atoms with Crippen LogP contribution in [0.25, 0.3) is 10.4 Å². The molecule has 7 N–H and O–H groups in total. The van der Waals surface area contributed by atoms with Crippen molar-refractivity contribution >= 4 is 42.2 Å². The third kappa shape index (κ3) is 19.7. The lowest BCUT2D eigenvalue weighted by Crippen LogP contribution is -2.27. The zero-order valence-electron chi connectivity index (χ0n) is 35.5. The maximum atomic E-state index is 12.1. The molecule has 0 radical (unpaired) electrons. The number of nitrogens with zero attached hydrogens (tertiary/aromatic N) is 9. The first kappa shape index (κ1) is 50.9. The minimum absolute atomic E-state index is 0. The van der Waals surface area contributed by atoms with Crippen molar-refractivity contribution in [3.8, 4) is 23.8 Å². The number of unbranched alkanes of at least 4 members (excludes halogenated alkanes) is 1. The second kappa shape index (κ2) is 26.8. The average Bonchev–Trinajstić information content (AvgIpc) is 3.98. The van der Waals surface area contributed by atoms with Crippen LogP contribution in [-0.2, 0) is 53.2 Å². The first-order valence-electron chi connectivity index (χ1n) is 19.2. The van der Waals surface area contributed by atoms with Crippen molar-refractivity contribution < 1.29 is 28.6 Å². The fourth-order valence-electron chi connectivity index (χ4n) is 5.13.